The number of imidazole rings is 1. The van der Waals surface area contributed by atoms with Crippen LogP contribution in [0.5, 0.6) is 5.75 Å². The number of hydrogen-bond donors (Lipinski definition) is 0. The quantitative estimate of drug-likeness (QED) is 0.691. The van der Waals surface area contributed by atoms with E-state index in [4.69, 9.17) is 4.74 Å². The largest absolute Gasteiger partial charge is 0.480 e. The Morgan fingerprint density at radius 3 is 2.96 bits per heavy atom. The summed E-state index contributed by atoms with van der Waals surface area (Å²) >= 11 is 0. The maximum Gasteiger partial charge on any atom is 0.266 e. The maximum absolute atomic E-state index is 13.7. The van der Waals surface area contributed by atoms with E-state index < -0.39 is 0 Å². The molecule has 1 aromatic carbocycles. The fourth-order valence-corrected chi connectivity index (χ4v) is 3.25. The molecule has 3 aromatic rings. The minimum absolute atomic E-state index is 0.0282. The summed E-state index contributed by atoms with van der Waals surface area (Å²) in [6.45, 7) is 5.30. The second-order valence-corrected chi connectivity index (χ2v) is 7.09. The molecule has 4 rings (SSSR count). The molecule has 3 heterocycles. The van der Waals surface area contributed by atoms with Crippen LogP contribution in [0.15, 0.2) is 36.5 Å². The number of benzene rings is 1. The molecule has 0 atom stereocenters. The zero-order valence-electron chi connectivity index (χ0n) is 15.4. The van der Waals surface area contributed by atoms with Gasteiger partial charge in [0.1, 0.15) is 11.6 Å². The van der Waals surface area contributed by atoms with E-state index in [9.17, 15) is 9.18 Å². The topological polar surface area (TPSA) is 60.2 Å². The zero-order valence-corrected chi connectivity index (χ0v) is 15.4. The SMILES string of the molecule is CC(C)CCn1c(CN2C(=O)COc3cccnc32)nc2cc(F)ccc21. The van der Waals surface area contributed by atoms with Crippen molar-refractivity contribution < 1.29 is 13.9 Å². The number of nitrogens with zero attached hydrogens (tertiary/aromatic N) is 4. The molecule has 1 aliphatic rings. The van der Waals surface area contributed by atoms with Crippen LogP contribution in [0.4, 0.5) is 10.2 Å². The van der Waals surface area contributed by atoms with E-state index in [0.717, 1.165) is 18.5 Å². The number of hydrogen-bond acceptors (Lipinski definition) is 4. The first-order valence-electron chi connectivity index (χ1n) is 9.06. The summed E-state index contributed by atoms with van der Waals surface area (Å²) in [5, 5.41) is 0. The van der Waals surface area contributed by atoms with Crippen molar-refractivity contribution >= 4 is 22.8 Å². The van der Waals surface area contributed by atoms with Gasteiger partial charge in [-0.25, -0.2) is 14.4 Å². The van der Waals surface area contributed by atoms with Crippen LogP contribution in [0, 0.1) is 11.7 Å². The first kappa shape index (κ1) is 17.5. The Hall–Kier alpha value is -2.96. The second kappa shape index (κ2) is 6.98. The molecule has 0 fully saturated rings. The van der Waals surface area contributed by atoms with E-state index in [0.29, 0.717) is 28.8 Å². The monoisotopic (exact) mass is 368 g/mol. The summed E-state index contributed by atoms with van der Waals surface area (Å²) < 4.78 is 21.2. The molecule has 0 unspecified atom stereocenters. The average molecular weight is 368 g/mol. The molecule has 0 bridgehead atoms. The lowest BCUT2D eigenvalue weighted by Gasteiger charge is -2.28. The van der Waals surface area contributed by atoms with Gasteiger partial charge in [0, 0.05) is 18.8 Å². The second-order valence-electron chi connectivity index (χ2n) is 7.09. The van der Waals surface area contributed by atoms with Crippen LogP contribution in [0.25, 0.3) is 11.0 Å². The van der Waals surface area contributed by atoms with E-state index in [1.807, 2.05) is 0 Å². The van der Waals surface area contributed by atoms with Crippen LogP contribution >= 0.6 is 0 Å². The van der Waals surface area contributed by atoms with Crippen LogP contribution in [0.1, 0.15) is 26.1 Å². The molecule has 1 amide bonds. The van der Waals surface area contributed by atoms with Crippen molar-refractivity contribution in [3.05, 3.63) is 48.2 Å². The number of anilines is 1. The highest BCUT2D eigenvalue weighted by atomic mass is 19.1. The molecule has 0 aliphatic carbocycles. The molecule has 0 saturated heterocycles. The van der Waals surface area contributed by atoms with Crippen LogP contribution < -0.4 is 9.64 Å². The third-order valence-corrected chi connectivity index (χ3v) is 4.68. The fraction of sp³-hybridized carbons (Fsp3) is 0.350. The first-order valence-corrected chi connectivity index (χ1v) is 9.06. The minimum Gasteiger partial charge on any atom is -0.480 e. The number of ether oxygens (including phenoxy) is 1. The summed E-state index contributed by atoms with van der Waals surface area (Å²) in [5.41, 5.74) is 1.46. The van der Waals surface area contributed by atoms with Gasteiger partial charge in [-0.2, -0.15) is 0 Å². The summed E-state index contributed by atoms with van der Waals surface area (Å²) in [6.07, 6.45) is 2.59. The molecular weight excluding hydrogens is 347 g/mol. The van der Waals surface area contributed by atoms with Crippen LogP contribution in [0.3, 0.4) is 0 Å². The summed E-state index contributed by atoms with van der Waals surface area (Å²) in [7, 11) is 0. The molecular formula is C20H21FN4O2. The summed E-state index contributed by atoms with van der Waals surface area (Å²) in [6, 6.07) is 8.18. The van der Waals surface area contributed by atoms with Gasteiger partial charge in [0.15, 0.2) is 18.2 Å². The van der Waals surface area contributed by atoms with Gasteiger partial charge in [-0.1, -0.05) is 13.8 Å². The van der Waals surface area contributed by atoms with Crippen LogP contribution in [-0.2, 0) is 17.9 Å². The normalized spacial score (nSPS) is 13.9. The van der Waals surface area contributed by atoms with E-state index in [2.05, 4.69) is 28.4 Å². The van der Waals surface area contributed by atoms with Crippen molar-refractivity contribution in [2.75, 3.05) is 11.5 Å². The van der Waals surface area contributed by atoms with Crippen molar-refractivity contribution in [3.8, 4) is 5.75 Å². The van der Waals surface area contributed by atoms with Gasteiger partial charge >= 0.3 is 0 Å². The molecule has 140 valence electrons. The summed E-state index contributed by atoms with van der Waals surface area (Å²) in [4.78, 5) is 23.0. The minimum atomic E-state index is -0.322. The third-order valence-electron chi connectivity index (χ3n) is 4.68. The number of rotatable bonds is 5. The summed E-state index contributed by atoms with van der Waals surface area (Å²) in [5.74, 6) is 1.80. The molecule has 0 N–H and O–H groups in total. The predicted molar refractivity (Wildman–Crippen MR) is 100 cm³/mol. The Morgan fingerprint density at radius 2 is 2.15 bits per heavy atom. The molecule has 7 heteroatoms. The molecule has 0 radical (unpaired) electrons. The van der Waals surface area contributed by atoms with E-state index in [-0.39, 0.29) is 24.9 Å². The zero-order chi connectivity index (χ0) is 19.0. The highest BCUT2D eigenvalue weighted by molar-refractivity contribution is 5.96. The van der Waals surface area contributed by atoms with Gasteiger partial charge in [-0.05, 0) is 36.6 Å². The number of halogens is 1. The van der Waals surface area contributed by atoms with Gasteiger partial charge in [-0.15, -0.1) is 0 Å². The Morgan fingerprint density at radius 1 is 1.30 bits per heavy atom. The third kappa shape index (κ3) is 3.37. The lowest BCUT2D eigenvalue weighted by atomic mass is 10.1. The van der Waals surface area contributed by atoms with Gasteiger partial charge < -0.3 is 9.30 Å². The van der Waals surface area contributed by atoms with Crippen molar-refractivity contribution in [3.63, 3.8) is 0 Å². The number of carbonyl (C=O) groups is 1. The van der Waals surface area contributed by atoms with Gasteiger partial charge in [-0.3, -0.25) is 9.69 Å². The number of aryl methyl sites for hydroxylation is 1. The molecule has 2 aromatic heterocycles. The number of pyridine rings is 1. The molecule has 0 spiro atoms. The van der Waals surface area contributed by atoms with Crippen molar-refractivity contribution in [2.45, 2.75) is 33.4 Å². The Labute approximate surface area is 156 Å². The van der Waals surface area contributed by atoms with Gasteiger partial charge in [0.25, 0.3) is 5.91 Å². The highest BCUT2D eigenvalue weighted by Crippen LogP contribution is 2.31. The van der Waals surface area contributed by atoms with Crippen LogP contribution in [0.2, 0.25) is 0 Å². The lowest BCUT2D eigenvalue weighted by Crippen LogP contribution is -2.39. The number of aromatic nitrogens is 3. The fourth-order valence-electron chi connectivity index (χ4n) is 3.25. The Bertz CT molecular complexity index is 999. The molecule has 0 saturated carbocycles. The number of amides is 1. The van der Waals surface area contributed by atoms with Crippen molar-refractivity contribution in [1.82, 2.24) is 14.5 Å². The number of fused-ring (bicyclic) bond motifs is 2. The molecule has 1 aliphatic heterocycles. The Kier molecular flexibility index (Phi) is 4.51. The maximum atomic E-state index is 13.7. The predicted octanol–water partition coefficient (Wildman–Crippen LogP) is 3.54. The number of carbonyl (C=O) groups excluding carboxylic acids is 1. The average Bonchev–Trinajstić information content (AvgIpc) is 2.98. The van der Waals surface area contributed by atoms with Gasteiger partial charge in [0.05, 0.1) is 17.6 Å². The van der Waals surface area contributed by atoms with Crippen LogP contribution in [-0.4, -0.2) is 27.0 Å². The first-order chi connectivity index (χ1) is 13.0. The van der Waals surface area contributed by atoms with E-state index in [1.54, 1.807) is 29.3 Å². The van der Waals surface area contributed by atoms with E-state index in [1.165, 1.54) is 12.1 Å². The van der Waals surface area contributed by atoms with Gasteiger partial charge in [0.2, 0.25) is 0 Å². The highest BCUT2D eigenvalue weighted by Gasteiger charge is 2.28. The molecule has 27 heavy (non-hydrogen) atoms. The standard InChI is InChI=1S/C20H21FN4O2/c1-13(2)7-9-24-16-6-5-14(21)10-15(16)23-18(24)11-25-19(26)12-27-17-4-3-8-22-20(17)25/h3-6,8,10,13H,7,9,11-12H2,1-2H3. The van der Waals surface area contributed by atoms with Crippen molar-refractivity contribution in [2.24, 2.45) is 5.92 Å². The smallest absolute Gasteiger partial charge is 0.266 e. The Balaban J connectivity index is 1.75. The van der Waals surface area contributed by atoms with E-state index >= 15 is 0 Å². The molecule has 6 nitrogen and oxygen atoms in total. The van der Waals surface area contributed by atoms with Crippen molar-refractivity contribution in [1.29, 1.82) is 0 Å². The lowest BCUT2D eigenvalue weighted by molar-refractivity contribution is -0.121.